The van der Waals surface area contributed by atoms with Crippen LogP contribution >= 0.6 is 11.3 Å². The molecule has 3 N–H and O–H groups in total. The van der Waals surface area contributed by atoms with Gasteiger partial charge in [0.05, 0.1) is 23.2 Å². The lowest BCUT2D eigenvalue weighted by atomic mass is 10.1. The normalized spacial score (nSPS) is 12.6. The van der Waals surface area contributed by atoms with Crippen molar-refractivity contribution in [3.8, 4) is 10.8 Å². The highest BCUT2D eigenvalue weighted by molar-refractivity contribution is 7.13. The maximum atomic E-state index is 11.7. The highest BCUT2D eigenvalue weighted by atomic mass is 32.1. The fourth-order valence-electron chi connectivity index (χ4n) is 1.50. The minimum Gasteiger partial charge on any atom is -0.443 e. The van der Waals surface area contributed by atoms with Crippen molar-refractivity contribution in [1.82, 2.24) is 10.3 Å². The second-order valence-corrected chi connectivity index (χ2v) is 5.56. The molecule has 0 aliphatic heterocycles. The third kappa shape index (κ3) is 3.42. The lowest BCUT2D eigenvalue weighted by Gasteiger charge is -2.14. The molecule has 0 saturated heterocycles. The molecule has 0 bridgehead atoms. The fourth-order valence-corrected chi connectivity index (χ4v) is 2.16. The number of nitrogens with one attached hydrogen (secondary N) is 1. The molecule has 2 heterocycles. The molecule has 1 amide bonds. The molecule has 0 unspecified atom stereocenters. The minimum atomic E-state index is -0.497. The Morgan fingerprint density at radius 3 is 3.00 bits per heavy atom. The first-order chi connectivity index (χ1) is 9.08. The van der Waals surface area contributed by atoms with Crippen molar-refractivity contribution in [1.29, 1.82) is 0 Å². The molecule has 0 aliphatic carbocycles. The van der Waals surface area contributed by atoms with Crippen LogP contribution in [0.25, 0.3) is 10.8 Å². The highest BCUT2D eigenvalue weighted by Gasteiger charge is 2.17. The molecule has 6 heteroatoms. The number of oxazole rings is 1. The molecule has 2 rings (SSSR count). The second kappa shape index (κ2) is 5.99. The van der Waals surface area contributed by atoms with Crippen LogP contribution < -0.4 is 11.1 Å². The van der Waals surface area contributed by atoms with Crippen LogP contribution in [0.2, 0.25) is 0 Å². The van der Waals surface area contributed by atoms with Crippen molar-refractivity contribution in [2.75, 3.05) is 0 Å². The summed E-state index contributed by atoms with van der Waals surface area (Å²) in [6.45, 7) is 4.15. The van der Waals surface area contributed by atoms with Crippen LogP contribution in [-0.2, 0) is 11.3 Å². The SMILES string of the molecule is CC(C)[C@H](N)C(=O)NCc1coc(-c2cccs2)n1. The molecule has 0 aromatic carbocycles. The summed E-state index contributed by atoms with van der Waals surface area (Å²) in [5.41, 5.74) is 6.44. The van der Waals surface area contributed by atoms with E-state index in [-0.39, 0.29) is 11.8 Å². The number of nitrogens with zero attached hydrogens (tertiary/aromatic N) is 1. The van der Waals surface area contributed by atoms with Crippen LogP contribution in [0.4, 0.5) is 0 Å². The van der Waals surface area contributed by atoms with E-state index in [1.807, 2.05) is 31.4 Å². The van der Waals surface area contributed by atoms with Gasteiger partial charge in [-0.05, 0) is 17.4 Å². The number of thiophene rings is 1. The summed E-state index contributed by atoms with van der Waals surface area (Å²) in [7, 11) is 0. The first-order valence-corrected chi connectivity index (χ1v) is 6.97. The molecule has 0 fully saturated rings. The number of aromatic nitrogens is 1. The van der Waals surface area contributed by atoms with Crippen molar-refractivity contribution in [2.24, 2.45) is 11.7 Å². The zero-order valence-corrected chi connectivity index (χ0v) is 11.7. The predicted molar refractivity (Wildman–Crippen MR) is 74.5 cm³/mol. The molecule has 0 saturated carbocycles. The monoisotopic (exact) mass is 279 g/mol. The molecule has 19 heavy (non-hydrogen) atoms. The fraction of sp³-hybridized carbons (Fsp3) is 0.385. The Kier molecular flexibility index (Phi) is 4.34. The van der Waals surface area contributed by atoms with Crippen molar-refractivity contribution in [2.45, 2.75) is 26.4 Å². The summed E-state index contributed by atoms with van der Waals surface area (Å²) in [5.74, 6) is 0.516. The van der Waals surface area contributed by atoms with Gasteiger partial charge < -0.3 is 15.5 Å². The summed E-state index contributed by atoms with van der Waals surface area (Å²) in [4.78, 5) is 17.0. The molecular formula is C13H17N3O2S. The maximum Gasteiger partial charge on any atom is 0.237 e. The van der Waals surface area contributed by atoms with Gasteiger partial charge in [0.15, 0.2) is 0 Å². The van der Waals surface area contributed by atoms with Crippen LogP contribution in [0.3, 0.4) is 0 Å². The van der Waals surface area contributed by atoms with Crippen LogP contribution in [-0.4, -0.2) is 16.9 Å². The Balaban J connectivity index is 1.92. The number of nitrogens with two attached hydrogens (primary N) is 1. The van der Waals surface area contributed by atoms with Crippen molar-refractivity contribution in [3.05, 3.63) is 29.5 Å². The first-order valence-electron chi connectivity index (χ1n) is 6.09. The standard InChI is InChI=1S/C13H17N3O2S/c1-8(2)11(14)12(17)15-6-9-7-18-13(16-9)10-4-3-5-19-10/h3-5,7-8,11H,6,14H2,1-2H3,(H,15,17)/t11-/m0/s1. The Labute approximate surface area is 115 Å². The quantitative estimate of drug-likeness (QED) is 0.877. The van der Waals surface area contributed by atoms with E-state index in [0.717, 1.165) is 4.88 Å². The van der Waals surface area contributed by atoms with Gasteiger partial charge in [0, 0.05) is 0 Å². The van der Waals surface area contributed by atoms with Crippen molar-refractivity contribution >= 4 is 17.2 Å². The van der Waals surface area contributed by atoms with E-state index < -0.39 is 6.04 Å². The number of amides is 1. The average molecular weight is 279 g/mol. The summed E-state index contributed by atoms with van der Waals surface area (Å²) in [5, 5.41) is 4.72. The molecular weight excluding hydrogens is 262 g/mol. The molecule has 0 spiro atoms. The Morgan fingerprint density at radius 1 is 1.58 bits per heavy atom. The minimum absolute atomic E-state index is 0.110. The molecule has 0 radical (unpaired) electrons. The third-order valence-corrected chi connectivity index (χ3v) is 3.61. The molecule has 2 aromatic heterocycles. The Morgan fingerprint density at radius 2 is 2.37 bits per heavy atom. The van der Waals surface area contributed by atoms with E-state index in [2.05, 4.69) is 10.3 Å². The summed E-state index contributed by atoms with van der Waals surface area (Å²) in [6.07, 6.45) is 1.55. The number of hydrogen-bond acceptors (Lipinski definition) is 5. The van der Waals surface area contributed by atoms with Gasteiger partial charge in [-0.3, -0.25) is 4.79 Å². The van der Waals surface area contributed by atoms with E-state index in [0.29, 0.717) is 18.1 Å². The first kappa shape index (κ1) is 13.8. The van der Waals surface area contributed by atoms with Crippen LogP contribution in [0.5, 0.6) is 0 Å². The van der Waals surface area contributed by atoms with Crippen LogP contribution in [0, 0.1) is 5.92 Å². The van der Waals surface area contributed by atoms with Gasteiger partial charge >= 0.3 is 0 Å². The van der Waals surface area contributed by atoms with Gasteiger partial charge in [0.1, 0.15) is 6.26 Å². The smallest absolute Gasteiger partial charge is 0.237 e. The van der Waals surface area contributed by atoms with Gasteiger partial charge in [-0.25, -0.2) is 4.98 Å². The van der Waals surface area contributed by atoms with Gasteiger partial charge in [-0.1, -0.05) is 19.9 Å². The molecule has 102 valence electrons. The average Bonchev–Trinajstić information content (AvgIpc) is 3.04. The van der Waals surface area contributed by atoms with Gasteiger partial charge in [-0.2, -0.15) is 0 Å². The van der Waals surface area contributed by atoms with Gasteiger partial charge in [-0.15, -0.1) is 11.3 Å². The molecule has 5 nitrogen and oxygen atoms in total. The topological polar surface area (TPSA) is 81.2 Å². The van der Waals surface area contributed by atoms with E-state index >= 15 is 0 Å². The van der Waals surface area contributed by atoms with Crippen LogP contribution in [0.1, 0.15) is 19.5 Å². The van der Waals surface area contributed by atoms with E-state index in [9.17, 15) is 4.79 Å². The zero-order valence-electron chi connectivity index (χ0n) is 10.9. The summed E-state index contributed by atoms with van der Waals surface area (Å²) in [6, 6.07) is 3.38. The summed E-state index contributed by atoms with van der Waals surface area (Å²) < 4.78 is 5.37. The number of hydrogen-bond donors (Lipinski definition) is 2. The van der Waals surface area contributed by atoms with Gasteiger partial charge in [0.2, 0.25) is 11.8 Å². The van der Waals surface area contributed by atoms with E-state index in [1.165, 1.54) is 0 Å². The summed E-state index contributed by atoms with van der Waals surface area (Å²) >= 11 is 1.56. The van der Waals surface area contributed by atoms with Crippen molar-refractivity contribution < 1.29 is 9.21 Å². The second-order valence-electron chi connectivity index (χ2n) is 4.61. The lowest BCUT2D eigenvalue weighted by molar-refractivity contribution is -0.123. The lowest BCUT2D eigenvalue weighted by Crippen LogP contribution is -2.43. The largest absolute Gasteiger partial charge is 0.443 e. The number of carbonyl (C=O) groups excluding carboxylic acids is 1. The number of rotatable bonds is 5. The van der Waals surface area contributed by atoms with E-state index in [1.54, 1.807) is 17.6 Å². The zero-order chi connectivity index (χ0) is 13.8. The molecule has 1 atom stereocenters. The Hall–Kier alpha value is -1.66. The Bertz CT molecular complexity index is 534. The van der Waals surface area contributed by atoms with E-state index in [4.69, 9.17) is 10.2 Å². The maximum absolute atomic E-state index is 11.7. The van der Waals surface area contributed by atoms with Crippen LogP contribution in [0.15, 0.2) is 28.2 Å². The predicted octanol–water partition coefficient (Wildman–Crippen LogP) is 2.00. The van der Waals surface area contributed by atoms with Crippen molar-refractivity contribution in [3.63, 3.8) is 0 Å². The highest BCUT2D eigenvalue weighted by Crippen LogP contribution is 2.23. The van der Waals surface area contributed by atoms with Gasteiger partial charge in [0.25, 0.3) is 0 Å². The molecule has 2 aromatic rings. The third-order valence-electron chi connectivity index (χ3n) is 2.75. The molecule has 0 aliphatic rings. The number of carbonyl (C=O) groups is 1.